The first kappa shape index (κ1) is 19.6. The molecule has 8 heteroatoms. The van der Waals surface area contributed by atoms with Crippen LogP contribution in [-0.2, 0) is 4.74 Å². The van der Waals surface area contributed by atoms with E-state index in [0.29, 0.717) is 37.6 Å². The van der Waals surface area contributed by atoms with Gasteiger partial charge in [0.1, 0.15) is 11.4 Å². The molecule has 3 heterocycles. The van der Waals surface area contributed by atoms with Gasteiger partial charge in [0.15, 0.2) is 0 Å². The predicted molar refractivity (Wildman–Crippen MR) is 109 cm³/mol. The van der Waals surface area contributed by atoms with Crippen molar-refractivity contribution in [3.63, 3.8) is 0 Å². The van der Waals surface area contributed by atoms with E-state index in [9.17, 15) is 10.1 Å². The second-order valence-corrected chi connectivity index (χ2v) is 6.81. The van der Waals surface area contributed by atoms with Crippen LogP contribution < -0.4 is 21.9 Å². The number of amidine groups is 1. The number of hydrogen-bond acceptors (Lipinski definition) is 6. The summed E-state index contributed by atoms with van der Waals surface area (Å²) in [5.74, 6) is -0.160. The van der Waals surface area contributed by atoms with Gasteiger partial charge in [0.05, 0.1) is 36.0 Å². The van der Waals surface area contributed by atoms with Crippen molar-refractivity contribution in [2.45, 2.75) is 12.5 Å². The van der Waals surface area contributed by atoms with E-state index in [0.717, 1.165) is 17.7 Å². The quantitative estimate of drug-likeness (QED) is 0.446. The molecule has 0 aliphatic carbocycles. The van der Waals surface area contributed by atoms with Crippen molar-refractivity contribution >= 4 is 11.5 Å². The van der Waals surface area contributed by atoms with Gasteiger partial charge in [0.25, 0.3) is 5.56 Å². The molecule has 2 atom stereocenters. The van der Waals surface area contributed by atoms with Crippen molar-refractivity contribution in [1.29, 1.82) is 5.26 Å². The first-order valence-corrected chi connectivity index (χ1v) is 9.08. The number of nitrogens with zero attached hydrogens (tertiary/aromatic N) is 2. The van der Waals surface area contributed by atoms with Gasteiger partial charge < -0.3 is 26.1 Å². The molecule has 3 rings (SSSR count). The highest BCUT2D eigenvalue weighted by molar-refractivity contribution is 6.02. The molecule has 28 heavy (non-hydrogen) atoms. The van der Waals surface area contributed by atoms with Gasteiger partial charge in [-0.25, -0.2) is 4.99 Å². The summed E-state index contributed by atoms with van der Waals surface area (Å²) < 4.78 is 5.47. The summed E-state index contributed by atoms with van der Waals surface area (Å²) in [7, 11) is 0. The fourth-order valence-corrected chi connectivity index (χ4v) is 3.27. The summed E-state index contributed by atoms with van der Waals surface area (Å²) in [6, 6.07) is 3.76. The molecule has 2 aliphatic rings. The normalized spacial score (nSPS) is 24.2. The number of nitriles is 1. The predicted octanol–water partition coefficient (Wildman–Crippen LogP) is 1.02. The number of anilines is 1. The molecular formula is C20H24N6O2. The molecular weight excluding hydrogens is 356 g/mol. The largest absolute Gasteiger partial charge is 0.383 e. The maximum Gasteiger partial charge on any atom is 0.261 e. The second-order valence-electron chi connectivity index (χ2n) is 6.81. The molecule has 0 amide bonds. The van der Waals surface area contributed by atoms with Crippen LogP contribution in [0.25, 0.3) is 0 Å². The van der Waals surface area contributed by atoms with Crippen molar-refractivity contribution in [3.8, 4) is 6.07 Å². The lowest BCUT2D eigenvalue weighted by atomic mass is 9.96. The lowest BCUT2D eigenvalue weighted by Gasteiger charge is -2.29. The van der Waals surface area contributed by atoms with Gasteiger partial charge in [-0.1, -0.05) is 13.2 Å². The van der Waals surface area contributed by atoms with Gasteiger partial charge in [-0.2, -0.15) is 5.26 Å². The molecule has 0 saturated carbocycles. The molecule has 0 bridgehead atoms. The number of aromatic amines is 1. The summed E-state index contributed by atoms with van der Waals surface area (Å²) in [5, 5.41) is 15.8. The van der Waals surface area contributed by atoms with Gasteiger partial charge in [-0.15, -0.1) is 0 Å². The van der Waals surface area contributed by atoms with E-state index >= 15 is 0 Å². The minimum atomic E-state index is -0.371. The molecule has 2 fully saturated rings. The Bertz CT molecular complexity index is 937. The summed E-state index contributed by atoms with van der Waals surface area (Å²) in [6.45, 7) is 10.3. The molecule has 1 aromatic heterocycles. The highest BCUT2D eigenvalue weighted by Crippen LogP contribution is 2.21. The van der Waals surface area contributed by atoms with Gasteiger partial charge in [0, 0.05) is 25.9 Å². The summed E-state index contributed by atoms with van der Waals surface area (Å²) in [4.78, 5) is 19.3. The van der Waals surface area contributed by atoms with E-state index in [-0.39, 0.29) is 28.9 Å². The SMILES string of the molecule is C=C(/C=C1/CNCC1=C)N=C(N)c1c(N[C@H]2COCCC2C#N)cc[nH]c1=O. The third-order valence-electron chi connectivity index (χ3n) is 4.79. The van der Waals surface area contributed by atoms with Crippen LogP contribution in [0.1, 0.15) is 12.0 Å². The molecule has 146 valence electrons. The fraction of sp³-hybridized carbons (Fsp3) is 0.350. The Morgan fingerprint density at radius 2 is 2.32 bits per heavy atom. The minimum Gasteiger partial charge on any atom is -0.383 e. The third kappa shape index (κ3) is 4.39. The van der Waals surface area contributed by atoms with Crippen LogP contribution in [-0.4, -0.2) is 43.2 Å². The van der Waals surface area contributed by atoms with E-state index < -0.39 is 0 Å². The molecule has 8 nitrogen and oxygen atoms in total. The molecule has 2 saturated heterocycles. The number of aromatic nitrogens is 1. The monoisotopic (exact) mass is 380 g/mol. The van der Waals surface area contributed by atoms with E-state index in [4.69, 9.17) is 10.5 Å². The van der Waals surface area contributed by atoms with Gasteiger partial charge in [0.2, 0.25) is 0 Å². The maximum absolute atomic E-state index is 12.4. The Balaban J connectivity index is 1.87. The Morgan fingerprint density at radius 3 is 3.04 bits per heavy atom. The Labute approximate surface area is 163 Å². The number of H-pyrrole nitrogens is 1. The number of aliphatic imine (C=N–C) groups is 1. The fourth-order valence-electron chi connectivity index (χ4n) is 3.27. The van der Waals surface area contributed by atoms with Crippen LogP contribution >= 0.6 is 0 Å². The van der Waals surface area contributed by atoms with Crippen LogP contribution in [0.15, 0.2) is 58.1 Å². The molecule has 0 radical (unpaired) electrons. The van der Waals surface area contributed by atoms with Crippen LogP contribution in [0.2, 0.25) is 0 Å². The van der Waals surface area contributed by atoms with E-state index in [2.05, 4.69) is 39.8 Å². The van der Waals surface area contributed by atoms with Gasteiger partial charge in [-0.3, -0.25) is 4.79 Å². The topological polar surface area (TPSA) is 128 Å². The van der Waals surface area contributed by atoms with Crippen LogP contribution in [0, 0.1) is 17.2 Å². The minimum absolute atomic E-state index is 0.0491. The average Bonchev–Trinajstić information content (AvgIpc) is 3.06. The molecule has 2 aliphatic heterocycles. The highest BCUT2D eigenvalue weighted by Gasteiger charge is 2.27. The van der Waals surface area contributed by atoms with E-state index in [1.54, 1.807) is 12.1 Å². The zero-order valence-electron chi connectivity index (χ0n) is 15.6. The number of allylic oxidation sites excluding steroid dienone is 1. The van der Waals surface area contributed by atoms with Crippen molar-refractivity contribution in [3.05, 3.63) is 64.3 Å². The number of ether oxygens (including phenoxy) is 1. The summed E-state index contributed by atoms with van der Waals surface area (Å²) >= 11 is 0. The smallest absolute Gasteiger partial charge is 0.261 e. The lowest BCUT2D eigenvalue weighted by molar-refractivity contribution is 0.0699. The van der Waals surface area contributed by atoms with Crippen molar-refractivity contribution in [1.82, 2.24) is 10.3 Å². The number of nitrogens with one attached hydrogen (secondary N) is 3. The average molecular weight is 380 g/mol. The zero-order valence-corrected chi connectivity index (χ0v) is 15.6. The molecule has 1 aromatic rings. The van der Waals surface area contributed by atoms with Crippen molar-refractivity contribution in [2.24, 2.45) is 16.6 Å². The Morgan fingerprint density at radius 1 is 1.50 bits per heavy atom. The molecule has 5 N–H and O–H groups in total. The third-order valence-corrected chi connectivity index (χ3v) is 4.79. The van der Waals surface area contributed by atoms with E-state index in [1.165, 1.54) is 6.20 Å². The lowest BCUT2D eigenvalue weighted by Crippen LogP contribution is -2.39. The Kier molecular flexibility index (Phi) is 6.09. The highest BCUT2D eigenvalue weighted by atomic mass is 16.5. The number of nitrogens with two attached hydrogens (primary N) is 1. The van der Waals surface area contributed by atoms with Crippen LogP contribution in [0.5, 0.6) is 0 Å². The number of pyridine rings is 1. The molecule has 0 spiro atoms. The zero-order chi connectivity index (χ0) is 20.1. The molecule has 1 unspecified atom stereocenters. The van der Waals surface area contributed by atoms with Gasteiger partial charge >= 0.3 is 0 Å². The van der Waals surface area contributed by atoms with Gasteiger partial charge in [-0.05, 0) is 29.7 Å². The molecule has 0 aromatic carbocycles. The number of hydrogen-bond donors (Lipinski definition) is 4. The van der Waals surface area contributed by atoms with Crippen molar-refractivity contribution in [2.75, 3.05) is 31.6 Å². The summed E-state index contributed by atoms with van der Waals surface area (Å²) in [6.07, 6.45) is 3.97. The van der Waals surface area contributed by atoms with E-state index in [1.807, 2.05) is 0 Å². The standard InChI is InChI=1S/C20H24N6O2/c1-12-9-23-10-15(12)7-13(2)25-19(22)18-16(3-5-24-20(18)27)26-17-11-28-6-4-14(17)8-21/h3,5,7,14,17,23H,1-2,4,6,9-11H2,(H2,22,25)(H2,24,26,27)/b15-7-/t14?,17-/m0/s1. The van der Waals surface area contributed by atoms with Crippen molar-refractivity contribution < 1.29 is 4.74 Å². The summed E-state index contributed by atoms with van der Waals surface area (Å²) in [5.41, 5.74) is 8.92. The van der Waals surface area contributed by atoms with Crippen LogP contribution in [0.3, 0.4) is 0 Å². The second kappa shape index (κ2) is 8.69. The first-order chi connectivity index (χ1) is 13.5. The maximum atomic E-state index is 12.4. The number of rotatable bonds is 5. The first-order valence-electron chi connectivity index (χ1n) is 9.08. The Hall–Kier alpha value is -3.15. The van der Waals surface area contributed by atoms with Crippen LogP contribution in [0.4, 0.5) is 5.69 Å².